The van der Waals surface area contributed by atoms with Crippen molar-refractivity contribution in [2.24, 2.45) is 0 Å². The molecule has 24 heavy (non-hydrogen) atoms. The molecule has 1 atom stereocenters. The van der Waals surface area contributed by atoms with E-state index in [1.54, 1.807) is 26.4 Å². The van der Waals surface area contributed by atoms with Gasteiger partial charge in [-0.1, -0.05) is 6.07 Å². The third kappa shape index (κ3) is 3.76. The fraction of sp³-hybridized carbons (Fsp3) is 0.278. The highest BCUT2D eigenvalue weighted by molar-refractivity contribution is 5.94. The molecule has 0 aliphatic heterocycles. The van der Waals surface area contributed by atoms with Gasteiger partial charge in [0.05, 0.1) is 27.4 Å². The molecule has 1 N–H and O–H groups in total. The Morgan fingerprint density at radius 2 is 1.58 bits per heavy atom. The molecule has 0 heterocycles. The molecule has 0 bridgehead atoms. The Bertz CT molecular complexity index is 733. The Balaban J connectivity index is 2.15. The molecular weight excluding hydrogens is 313 g/mol. The summed E-state index contributed by atoms with van der Waals surface area (Å²) in [6.45, 7) is 1.83. The van der Waals surface area contributed by atoms with Crippen LogP contribution in [0, 0.1) is 5.82 Å². The lowest BCUT2D eigenvalue weighted by atomic mass is 10.1. The Kier molecular flexibility index (Phi) is 5.63. The topological polar surface area (TPSA) is 56.8 Å². The van der Waals surface area contributed by atoms with E-state index in [4.69, 9.17) is 14.2 Å². The van der Waals surface area contributed by atoms with Crippen molar-refractivity contribution in [3.63, 3.8) is 0 Å². The minimum atomic E-state index is -0.580. The molecule has 6 heteroatoms. The maximum absolute atomic E-state index is 13.7. The Morgan fingerprint density at radius 1 is 0.958 bits per heavy atom. The van der Waals surface area contributed by atoms with Crippen LogP contribution < -0.4 is 19.5 Å². The molecule has 0 spiro atoms. The van der Waals surface area contributed by atoms with E-state index in [0.29, 0.717) is 11.5 Å². The summed E-state index contributed by atoms with van der Waals surface area (Å²) < 4.78 is 29.0. The van der Waals surface area contributed by atoms with Gasteiger partial charge in [0.15, 0.2) is 23.1 Å². The van der Waals surface area contributed by atoms with E-state index in [0.717, 1.165) is 11.6 Å². The van der Waals surface area contributed by atoms with Gasteiger partial charge in [-0.05, 0) is 42.8 Å². The Hall–Kier alpha value is -2.76. The van der Waals surface area contributed by atoms with Gasteiger partial charge in [-0.15, -0.1) is 0 Å². The van der Waals surface area contributed by atoms with E-state index in [-0.39, 0.29) is 23.3 Å². The zero-order valence-electron chi connectivity index (χ0n) is 14.1. The molecule has 0 radical (unpaired) electrons. The minimum Gasteiger partial charge on any atom is -0.494 e. The van der Waals surface area contributed by atoms with E-state index in [1.807, 2.05) is 13.0 Å². The van der Waals surface area contributed by atoms with E-state index in [9.17, 15) is 9.18 Å². The van der Waals surface area contributed by atoms with Crippen molar-refractivity contribution in [3.05, 3.63) is 53.3 Å². The number of hydrogen-bond acceptors (Lipinski definition) is 4. The number of nitrogens with one attached hydrogen (secondary N) is 1. The summed E-state index contributed by atoms with van der Waals surface area (Å²) in [5, 5.41) is 2.82. The SMILES string of the molecule is COc1ccc(C(=O)N[C@H](C)c2ccc(OC)c(OC)c2)cc1F. The third-order valence-corrected chi connectivity index (χ3v) is 3.67. The summed E-state index contributed by atoms with van der Waals surface area (Å²) in [5.41, 5.74) is 1.07. The molecule has 0 fully saturated rings. The number of ether oxygens (including phenoxy) is 3. The van der Waals surface area contributed by atoms with Crippen LogP contribution >= 0.6 is 0 Å². The van der Waals surface area contributed by atoms with Gasteiger partial charge < -0.3 is 19.5 Å². The van der Waals surface area contributed by atoms with Crippen molar-refractivity contribution in [1.82, 2.24) is 5.32 Å². The number of carbonyl (C=O) groups excluding carboxylic acids is 1. The zero-order valence-corrected chi connectivity index (χ0v) is 14.1. The molecule has 128 valence electrons. The first kappa shape index (κ1) is 17.6. The third-order valence-electron chi connectivity index (χ3n) is 3.67. The first-order valence-corrected chi connectivity index (χ1v) is 7.36. The van der Waals surface area contributed by atoms with Crippen molar-refractivity contribution >= 4 is 5.91 Å². The largest absolute Gasteiger partial charge is 0.494 e. The monoisotopic (exact) mass is 333 g/mol. The van der Waals surface area contributed by atoms with Crippen molar-refractivity contribution < 1.29 is 23.4 Å². The minimum absolute atomic E-state index is 0.0967. The van der Waals surface area contributed by atoms with Crippen LogP contribution in [-0.4, -0.2) is 27.2 Å². The number of hydrogen-bond donors (Lipinski definition) is 1. The van der Waals surface area contributed by atoms with Gasteiger partial charge in [0.25, 0.3) is 5.91 Å². The zero-order chi connectivity index (χ0) is 17.7. The summed E-state index contributed by atoms with van der Waals surface area (Å²) in [6.07, 6.45) is 0. The predicted molar refractivity (Wildman–Crippen MR) is 88.4 cm³/mol. The van der Waals surface area contributed by atoms with Gasteiger partial charge in [-0.3, -0.25) is 4.79 Å². The van der Waals surface area contributed by atoms with Crippen LogP contribution in [0.3, 0.4) is 0 Å². The van der Waals surface area contributed by atoms with Gasteiger partial charge >= 0.3 is 0 Å². The molecule has 0 saturated carbocycles. The summed E-state index contributed by atoms with van der Waals surface area (Å²) in [6, 6.07) is 9.19. The standard InChI is InChI=1S/C18H20FNO4/c1-11(12-5-8-16(23-3)17(10-12)24-4)20-18(21)13-6-7-15(22-2)14(19)9-13/h5-11H,1-4H3,(H,20,21)/t11-/m1/s1. The highest BCUT2D eigenvalue weighted by Crippen LogP contribution is 2.30. The van der Waals surface area contributed by atoms with Crippen LogP contribution in [0.4, 0.5) is 4.39 Å². The van der Waals surface area contributed by atoms with Crippen molar-refractivity contribution in [2.75, 3.05) is 21.3 Å². The number of halogens is 1. The molecule has 0 saturated heterocycles. The lowest BCUT2D eigenvalue weighted by molar-refractivity contribution is 0.0939. The molecule has 5 nitrogen and oxygen atoms in total. The second-order valence-electron chi connectivity index (χ2n) is 5.16. The second-order valence-corrected chi connectivity index (χ2v) is 5.16. The quantitative estimate of drug-likeness (QED) is 0.881. The maximum atomic E-state index is 13.7. The van der Waals surface area contributed by atoms with Gasteiger partial charge in [0, 0.05) is 5.56 Å². The van der Waals surface area contributed by atoms with Crippen molar-refractivity contribution in [3.8, 4) is 17.2 Å². The van der Waals surface area contributed by atoms with Gasteiger partial charge in [0.1, 0.15) is 0 Å². The van der Waals surface area contributed by atoms with Crippen LogP contribution in [0.2, 0.25) is 0 Å². The van der Waals surface area contributed by atoms with Gasteiger partial charge in [-0.2, -0.15) is 0 Å². The van der Waals surface area contributed by atoms with Gasteiger partial charge in [0.2, 0.25) is 0 Å². The molecule has 2 aromatic carbocycles. The number of carbonyl (C=O) groups is 1. The fourth-order valence-corrected chi connectivity index (χ4v) is 2.29. The second kappa shape index (κ2) is 7.68. The van der Waals surface area contributed by atoms with Crippen LogP contribution in [0.15, 0.2) is 36.4 Å². The first-order chi connectivity index (χ1) is 11.5. The average Bonchev–Trinajstić information content (AvgIpc) is 2.60. The van der Waals surface area contributed by atoms with Crippen LogP contribution in [0.1, 0.15) is 28.9 Å². The van der Waals surface area contributed by atoms with Crippen LogP contribution in [0.5, 0.6) is 17.2 Å². The molecule has 1 amide bonds. The maximum Gasteiger partial charge on any atom is 0.251 e. The number of rotatable bonds is 6. The van der Waals surface area contributed by atoms with Crippen LogP contribution in [0.25, 0.3) is 0 Å². The highest BCUT2D eigenvalue weighted by atomic mass is 19.1. The van der Waals surface area contributed by atoms with Crippen LogP contribution in [-0.2, 0) is 0 Å². The molecule has 2 aromatic rings. The van der Waals surface area contributed by atoms with E-state index < -0.39 is 5.82 Å². The van der Waals surface area contributed by atoms with E-state index >= 15 is 0 Å². The Morgan fingerprint density at radius 3 is 2.17 bits per heavy atom. The summed E-state index contributed by atoms with van der Waals surface area (Å²) >= 11 is 0. The molecule has 0 aromatic heterocycles. The van der Waals surface area contributed by atoms with E-state index in [2.05, 4.69) is 5.32 Å². The number of methoxy groups -OCH3 is 3. The highest BCUT2D eigenvalue weighted by Gasteiger charge is 2.15. The average molecular weight is 333 g/mol. The lowest BCUT2D eigenvalue weighted by Crippen LogP contribution is -2.26. The predicted octanol–water partition coefficient (Wildman–Crippen LogP) is 3.34. The number of amides is 1. The lowest BCUT2D eigenvalue weighted by Gasteiger charge is -2.17. The fourth-order valence-electron chi connectivity index (χ4n) is 2.29. The summed E-state index contributed by atoms with van der Waals surface area (Å²) in [4.78, 5) is 12.3. The molecular formula is C18H20FNO4. The van der Waals surface area contributed by atoms with Crippen molar-refractivity contribution in [2.45, 2.75) is 13.0 Å². The van der Waals surface area contributed by atoms with Gasteiger partial charge in [-0.25, -0.2) is 4.39 Å². The Labute approximate surface area is 140 Å². The van der Waals surface area contributed by atoms with E-state index in [1.165, 1.54) is 19.2 Å². The smallest absolute Gasteiger partial charge is 0.251 e. The number of benzene rings is 2. The molecule has 0 aliphatic rings. The molecule has 2 rings (SSSR count). The first-order valence-electron chi connectivity index (χ1n) is 7.36. The normalized spacial score (nSPS) is 11.5. The summed E-state index contributed by atoms with van der Waals surface area (Å²) in [7, 11) is 4.48. The summed E-state index contributed by atoms with van der Waals surface area (Å²) in [5.74, 6) is 0.325. The molecule has 0 aliphatic carbocycles. The van der Waals surface area contributed by atoms with Crippen molar-refractivity contribution in [1.29, 1.82) is 0 Å². The molecule has 0 unspecified atom stereocenters.